The average molecular weight is 503 g/mol. The Morgan fingerprint density at radius 2 is 1.81 bits per heavy atom. The summed E-state index contributed by atoms with van der Waals surface area (Å²) in [4.78, 5) is 35.1. The largest absolute Gasteiger partial charge is 0.481 e. The summed E-state index contributed by atoms with van der Waals surface area (Å²) in [6, 6.07) is 1.43. The van der Waals surface area contributed by atoms with Gasteiger partial charge in [0, 0.05) is 13.2 Å². The molecule has 2 rings (SSSR count). The van der Waals surface area contributed by atoms with Crippen LogP contribution >= 0.6 is 15.6 Å². The first-order valence-corrected chi connectivity index (χ1v) is 12.4. The normalized spacial score (nSPS) is 27.6. The maximum Gasteiger partial charge on any atom is 0.481 e. The fraction of sp³-hybridized carbons (Fsp3) is 0.733. The van der Waals surface area contributed by atoms with Gasteiger partial charge < -0.3 is 34.5 Å². The second kappa shape index (κ2) is 10.4. The molecule has 1 saturated heterocycles. The summed E-state index contributed by atoms with van der Waals surface area (Å²) in [6.07, 6.45) is -4.65. The Bertz CT molecular complexity index is 937. The first-order valence-electron chi connectivity index (χ1n) is 9.39. The highest BCUT2D eigenvalue weighted by molar-refractivity contribution is 7.61. The van der Waals surface area contributed by atoms with Gasteiger partial charge in [0.1, 0.15) is 37.3 Å². The lowest BCUT2D eigenvalue weighted by atomic mass is 10.1. The molecule has 15 nitrogen and oxygen atoms in total. The fourth-order valence-corrected chi connectivity index (χ4v) is 4.69. The molecule has 17 heteroatoms. The molecule has 1 aromatic rings. The Morgan fingerprint density at radius 1 is 1.19 bits per heavy atom. The van der Waals surface area contributed by atoms with Crippen molar-refractivity contribution in [3.8, 4) is 0 Å². The quantitative estimate of drug-likeness (QED) is 0.180. The number of nitrogens with one attached hydrogen (secondary N) is 1. The number of quaternary nitrogens is 1. The highest BCUT2D eigenvalue weighted by Crippen LogP contribution is 2.60. The Labute approximate surface area is 184 Å². The second-order valence-corrected chi connectivity index (χ2v) is 11.0. The molecule has 1 aromatic heterocycles. The molecule has 184 valence electrons. The van der Waals surface area contributed by atoms with Crippen molar-refractivity contribution in [1.82, 2.24) is 9.55 Å². The first kappa shape index (κ1) is 27.0. The standard InChI is InChI=1S/C15H28N4O11P2/c1-16-11-5-6-18(15(22)17-11)14-13(21)12(20)10(29-14)9-28-32(25,26)30-31(23,24)27-8-7-19(2,3)4/h5-6,10,12-14,20-21H,7-9H2,1-4H3,(H2-,16,17,22,23,24,25,26)/p+1/t10-,12?,13?,14-/m1/s1. The SMILES string of the molecule is CNc1ccn([C@@H]2O[C@H](COP(=O)(O)OP(=O)(O)OCC[N+](C)(C)C)C(O)C2O)c(=O)n1. The molecule has 0 radical (unpaired) electrons. The van der Waals surface area contributed by atoms with Gasteiger partial charge in [-0.25, -0.2) is 13.9 Å². The molecule has 0 bridgehead atoms. The van der Waals surface area contributed by atoms with Gasteiger partial charge in [-0.1, -0.05) is 0 Å². The van der Waals surface area contributed by atoms with Gasteiger partial charge in [-0.05, 0) is 6.07 Å². The zero-order chi connectivity index (χ0) is 24.3. The van der Waals surface area contributed by atoms with Crippen molar-refractivity contribution in [2.75, 3.05) is 53.3 Å². The number of aromatic nitrogens is 2. The highest BCUT2D eigenvalue weighted by Gasteiger charge is 2.46. The predicted octanol–water partition coefficient (Wildman–Crippen LogP) is -1.14. The van der Waals surface area contributed by atoms with Gasteiger partial charge in [-0.3, -0.25) is 13.6 Å². The Morgan fingerprint density at radius 3 is 2.38 bits per heavy atom. The number of aliphatic hydroxyl groups excluding tert-OH is 2. The molecular formula is C15H29N4O11P2+. The van der Waals surface area contributed by atoms with Crippen molar-refractivity contribution in [3.05, 3.63) is 22.7 Å². The van der Waals surface area contributed by atoms with Crippen LogP contribution in [0.2, 0.25) is 0 Å². The molecule has 0 aliphatic carbocycles. The number of anilines is 1. The van der Waals surface area contributed by atoms with Crippen LogP contribution in [0, 0.1) is 0 Å². The summed E-state index contributed by atoms with van der Waals surface area (Å²) >= 11 is 0. The van der Waals surface area contributed by atoms with E-state index in [9.17, 15) is 33.9 Å². The number of aliphatic hydroxyl groups is 2. The smallest absolute Gasteiger partial charge is 0.387 e. The van der Waals surface area contributed by atoms with E-state index >= 15 is 0 Å². The summed E-state index contributed by atoms with van der Waals surface area (Å²) in [5.74, 6) is 0.273. The van der Waals surface area contributed by atoms with Crippen molar-refractivity contribution in [2.24, 2.45) is 0 Å². The summed E-state index contributed by atoms with van der Waals surface area (Å²) in [6.45, 7) is -0.724. The number of likely N-dealkylation sites (N-methyl/N-ethyl adjacent to an activating group) is 1. The second-order valence-electron chi connectivity index (χ2n) is 7.96. The monoisotopic (exact) mass is 503 g/mol. The molecule has 0 saturated carbocycles. The van der Waals surface area contributed by atoms with E-state index in [4.69, 9.17) is 4.74 Å². The number of ether oxygens (including phenoxy) is 1. The van der Waals surface area contributed by atoms with E-state index in [2.05, 4.69) is 23.7 Å². The Balaban J connectivity index is 1.97. The van der Waals surface area contributed by atoms with E-state index in [1.807, 2.05) is 0 Å². The van der Waals surface area contributed by atoms with Crippen molar-refractivity contribution in [3.63, 3.8) is 0 Å². The molecule has 0 spiro atoms. The molecule has 0 aromatic carbocycles. The van der Waals surface area contributed by atoms with Crippen LogP contribution in [-0.2, 0) is 27.2 Å². The zero-order valence-electron chi connectivity index (χ0n) is 18.0. The molecule has 5 N–H and O–H groups in total. The number of phosphoric acid groups is 2. The van der Waals surface area contributed by atoms with E-state index in [-0.39, 0.29) is 12.4 Å². The minimum absolute atomic E-state index is 0.231. The third kappa shape index (κ3) is 7.68. The first-order chi connectivity index (χ1) is 14.6. The Hall–Kier alpha value is -1.22. The van der Waals surface area contributed by atoms with Crippen LogP contribution in [0.5, 0.6) is 0 Å². The van der Waals surface area contributed by atoms with Crippen LogP contribution in [0.25, 0.3) is 0 Å². The van der Waals surface area contributed by atoms with Crippen molar-refractivity contribution in [2.45, 2.75) is 24.5 Å². The van der Waals surface area contributed by atoms with E-state index in [0.717, 1.165) is 4.57 Å². The van der Waals surface area contributed by atoms with Crippen LogP contribution in [0.3, 0.4) is 0 Å². The minimum Gasteiger partial charge on any atom is -0.387 e. The molecule has 32 heavy (non-hydrogen) atoms. The van der Waals surface area contributed by atoms with Crippen LogP contribution in [0.15, 0.2) is 17.1 Å². The van der Waals surface area contributed by atoms with Crippen LogP contribution in [0.1, 0.15) is 6.23 Å². The van der Waals surface area contributed by atoms with Gasteiger partial charge in [0.05, 0.1) is 27.7 Å². The summed E-state index contributed by atoms with van der Waals surface area (Å²) in [5.41, 5.74) is -0.780. The lowest BCUT2D eigenvalue weighted by Gasteiger charge is -2.24. The van der Waals surface area contributed by atoms with Crippen LogP contribution in [0.4, 0.5) is 5.82 Å². The van der Waals surface area contributed by atoms with Gasteiger partial charge in [0.2, 0.25) is 0 Å². The molecule has 6 atom stereocenters. The number of hydrogen-bond donors (Lipinski definition) is 5. The maximum absolute atomic E-state index is 12.1. The lowest BCUT2D eigenvalue weighted by Crippen LogP contribution is -2.37. The average Bonchev–Trinajstić information content (AvgIpc) is 2.92. The molecule has 1 fully saturated rings. The predicted molar refractivity (Wildman–Crippen MR) is 110 cm³/mol. The highest BCUT2D eigenvalue weighted by atomic mass is 31.3. The van der Waals surface area contributed by atoms with Crippen molar-refractivity contribution < 1.29 is 51.7 Å². The summed E-state index contributed by atoms with van der Waals surface area (Å²) in [7, 11) is -3.06. The lowest BCUT2D eigenvalue weighted by molar-refractivity contribution is -0.870. The van der Waals surface area contributed by atoms with E-state index < -0.39 is 52.5 Å². The number of nitrogens with zero attached hydrogens (tertiary/aromatic N) is 3. The topological polar surface area (TPSA) is 199 Å². The number of hydrogen-bond acceptors (Lipinski definition) is 11. The van der Waals surface area contributed by atoms with Gasteiger partial charge >= 0.3 is 21.3 Å². The number of rotatable bonds is 11. The van der Waals surface area contributed by atoms with Gasteiger partial charge in [0.15, 0.2) is 6.23 Å². The molecular weight excluding hydrogens is 474 g/mol. The number of phosphoric ester groups is 2. The van der Waals surface area contributed by atoms with Gasteiger partial charge in [0.25, 0.3) is 0 Å². The van der Waals surface area contributed by atoms with Crippen LogP contribution in [-0.4, -0.2) is 100 Å². The van der Waals surface area contributed by atoms with Crippen molar-refractivity contribution in [1.29, 1.82) is 0 Å². The molecule has 1 aliphatic rings. The zero-order valence-corrected chi connectivity index (χ0v) is 19.8. The van der Waals surface area contributed by atoms with E-state index in [1.54, 1.807) is 28.2 Å². The summed E-state index contributed by atoms with van der Waals surface area (Å²) in [5, 5.41) is 23.0. The molecule has 0 amide bonds. The van der Waals surface area contributed by atoms with Gasteiger partial charge in [-0.15, -0.1) is 0 Å². The Kier molecular flexibility index (Phi) is 8.76. The molecule has 1 aliphatic heterocycles. The molecule has 2 heterocycles. The minimum atomic E-state index is -5.11. The van der Waals surface area contributed by atoms with Gasteiger partial charge in [-0.2, -0.15) is 9.29 Å². The molecule has 4 unspecified atom stereocenters. The third-order valence-corrected chi connectivity index (χ3v) is 6.96. The van der Waals surface area contributed by atoms with E-state index in [1.165, 1.54) is 12.3 Å². The maximum atomic E-state index is 12.1. The summed E-state index contributed by atoms with van der Waals surface area (Å²) < 4.78 is 44.1. The third-order valence-electron chi connectivity index (χ3n) is 4.32. The van der Waals surface area contributed by atoms with Crippen molar-refractivity contribution >= 4 is 21.5 Å². The fourth-order valence-electron chi connectivity index (χ4n) is 2.62. The van der Waals surface area contributed by atoms with Crippen LogP contribution < -0.4 is 11.0 Å². The van der Waals surface area contributed by atoms with E-state index in [0.29, 0.717) is 11.0 Å².